The topological polar surface area (TPSA) is 100 Å². The van der Waals surface area contributed by atoms with Crippen molar-refractivity contribution < 1.29 is 13.2 Å². The van der Waals surface area contributed by atoms with Crippen LogP contribution in [-0.4, -0.2) is 38.3 Å². The molecule has 0 unspecified atom stereocenters. The summed E-state index contributed by atoms with van der Waals surface area (Å²) >= 11 is 0. The van der Waals surface area contributed by atoms with Gasteiger partial charge in [-0.25, -0.2) is 17.9 Å². The van der Waals surface area contributed by atoms with E-state index in [0.717, 1.165) is 18.5 Å². The summed E-state index contributed by atoms with van der Waals surface area (Å²) in [7, 11) is -3.33. The van der Waals surface area contributed by atoms with E-state index < -0.39 is 16.1 Å². The highest BCUT2D eigenvalue weighted by molar-refractivity contribution is 7.89. The molecule has 7 nitrogen and oxygen atoms in total. The summed E-state index contributed by atoms with van der Waals surface area (Å²) in [5.74, 6) is 0.353. The lowest BCUT2D eigenvalue weighted by Gasteiger charge is -2.25. The molecule has 1 aromatic rings. The van der Waals surface area contributed by atoms with Crippen LogP contribution in [0.2, 0.25) is 0 Å². The molecular weight excluding hydrogens is 316 g/mol. The summed E-state index contributed by atoms with van der Waals surface area (Å²) in [6.07, 6.45) is 5.03. The highest BCUT2D eigenvalue weighted by atomic mass is 32.2. The number of hydrogen-bond acceptors (Lipinski definition) is 4. The number of nitrogens with zero attached hydrogens (tertiary/aromatic N) is 1. The van der Waals surface area contributed by atoms with Crippen LogP contribution in [0.4, 0.5) is 4.79 Å². The predicted molar refractivity (Wildman–Crippen MR) is 88.3 cm³/mol. The Hall–Kier alpha value is -1.67. The maximum absolute atomic E-state index is 11.8. The molecule has 1 heterocycles. The van der Waals surface area contributed by atoms with Crippen LogP contribution in [0.25, 0.3) is 0 Å². The monoisotopic (exact) mass is 340 g/mol. The van der Waals surface area contributed by atoms with Crippen molar-refractivity contribution in [3.63, 3.8) is 0 Å². The Bertz CT molecular complexity index is 602. The van der Waals surface area contributed by atoms with Crippen LogP contribution in [-0.2, 0) is 10.0 Å². The summed E-state index contributed by atoms with van der Waals surface area (Å²) in [5, 5.41) is 5.28. The van der Waals surface area contributed by atoms with Gasteiger partial charge in [-0.2, -0.15) is 0 Å². The van der Waals surface area contributed by atoms with Crippen LogP contribution < -0.4 is 15.4 Å². The number of hydrogen-bond donors (Lipinski definition) is 3. The number of pyridine rings is 1. The first-order valence-corrected chi connectivity index (χ1v) is 9.54. The molecule has 2 rings (SSSR count). The van der Waals surface area contributed by atoms with Crippen LogP contribution in [0.3, 0.4) is 0 Å². The molecule has 0 spiro atoms. The first kappa shape index (κ1) is 17.7. The van der Waals surface area contributed by atoms with E-state index in [2.05, 4.69) is 20.3 Å². The van der Waals surface area contributed by atoms with Crippen molar-refractivity contribution in [2.45, 2.75) is 32.2 Å². The molecule has 3 N–H and O–H groups in total. The Morgan fingerprint density at radius 3 is 2.78 bits per heavy atom. The van der Waals surface area contributed by atoms with E-state index in [0.29, 0.717) is 12.5 Å². The molecule has 1 aliphatic rings. The zero-order valence-corrected chi connectivity index (χ0v) is 14.1. The van der Waals surface area contributed by atoms with Crippen molar-refractivity contribution in [2.24, 2.45) is 5.92 Å². The second-order valence-corrected chi connectivity index (χ2v) is 7.77. The lowest BCUT2D eigenvalue weighted by Crippen LogP contribution is -2.41. The first-order chi connectivity index (χ1) is 11.0. The third-order valence-electron chi connectivity index (χ3n) is 3.95. The Balaban J connectivity index is 1.65. The zero-order chi connectivity index (χ0) is 16.7. The fourth-order valence-electron chi connectivity index (χ4n) is 2.27. The van der Waals surface area contributed by atoms with Crippen molar-refractivity contribution in [3.8, 4) is 0 Å². The van der Waals surface area contributed by atoms with E-state index >= 15 is 0 Å². The average molecular weight is 340 g/mol. The van der Waals surface area contributed by atoms with E-state index in [1.807, 2.05) is 19.1 Å². The van der Waals surface area contributed by atoms with Gasteiger partial charge in [0.05, 0.1) is 17.5 Å². The van der Waals surface area contributed by atoms with E-state index in [4.69, 9.17) is 0 Å². The third-order valence-corrected chi connectivity index (χ3v) is 5.30. The van der Waals surface area contributed by atoms with E-state index in [9.17, 15) is 13.2 Å². The second-order valence-electron chi connectivity index (χ2n) is 5.84. The molecule has 0 aliphatic heterocycles. The maximum atomic E-state index is 11.8. The zero-order valence-electron chi connectivity index (χ0n) is 13.3. The molecule has 128 valence electrons. The van der Waals surface area contributed by atoms with Crippen molar-refractivity contribution in [1.29, 1.82) is 0 Å². The molecule has 23 heavy (non-hydrogen) atoms. The number of nitrogens with one attached hydrogen (secondary N) is 3. The molecule has 1 aromatic heterocycles. The summed E-state index contributed by atoms with van der Waals surface area (Å²) in [6.45, 7) is 2.39. The summed E-state index contributed by atoms with van der Waals surface area (Å²) in [6, 6.07) is 4.82. The van der Waals surface area contributed by atoms with Crippen molar-refractivity contribution in [2.75, 3.05) is 18.8 Å². The van der Waals surface area contributed by atoms with Crippen molar-refractivity contribution >= 4 is 16.1 Å². The Kier molecular flexibility index (Phi) is 6.35. The second kappa shape index (κ2) is 8.26. The van der Waals surface area contributed by atoms with Crippen LogP contribution in [0.1, 0.15) is 37.9 Å². The number of carbonyl (C=O) groups is 1. The molecular formula is C15H24N4O3S. The Morgan fingerprint density at radius 2 is 2.17 bits per heavy atom. The fourth-order valence-corrected chi connectivity index (χ4v) is 3.27. The molecule has 2 amide bonds. The number of aromatic nitrogens is 1. The van der Waals surface area contributed by atoms with Gasteiger partial charge in [-0.05, 0) is 37.8 Å². The summed E-state index contributed by atoms with van der Waals surface area (Å²) in [4.78, 5) is 15.9. The fraction of sp³-hybridized carbons (Fsp3) is 0.600. The molecule has 0 aromatic carbocycles. The molecule has 1 fully saturated rings. The molecule has 1 atom stereocenters. The maximum Gasteiger partial charge on any atom is 0.315 e. The Labute approximate surface area is 137 Å². The van der Waals surface area contributed by atoms with Crippen LogP contribution in [0.5, 0.6) is 0 Å². The number of rotatable bonds is 8. The minimum absolute atomic E-state index is 0.0702. The number of amides is 2. The van der Waals surface area contributed by atoms with Gasteiger partial charge < -0.3 is 10.6 Å². The van der Waals surface area contributed by atoms with Gasteiger partial charge in [-0.15, -0.1) is 0 Å². The third kappa shape index (κ3) is 6.15. The molecule has 1 saturated carbocycles. The van der Waals surface area contributed by atoms with Gasteiger partial charge in [0.15, 0.2) is 0 Å². The minimum Gasteiger partial charge on any atom is -0.337 e. The first-order valence-electron chi connectivity index (χ1n) is 7.89. The van der Waals surface area contributed by atoms with E-state index in [1.54, 1.807) is 12.3 Å². The smallest absolute Gasteiger partial charge is 0.315 e. The molecule has 1 aliphatic carbocycles. The van der Waals surface area contributed by atoms with Crippen LogP contribution in [0.15, 0.2) is 24.4 Å². The largest absolute Gasteiger partial charge is 0.337 e. The quantitative estimate of drug-likeness (QED) is 0.661. The van der Waals surface area contributed by atoms with Gasteiger partial charge in [0, 0.05) is 19.3 Å². The normalized spacial score (nSPS) is 16.4. The van der Waals surface area contributed by atoms with E-state index in [1.165, 1.54) is 6.42 Å². The molecule has 0 bridgehead atoms. The van der Waals surface area contributed by atoms with Crippen LogP contribution >= 0.6 is 0 Å². The van der Waals surface area contributed by atoms with Crippen molar-refractivity contribution in [3.05, 3.63) is 30.1 Å². The van der Waals surface area contributed by atoms with Gasteiger partial charge in [-0.3, -0.25) is 4.98 Å². The summed E-state index contributed by atoms with van der Waals surface area (Å²) < 4.78 is 26.2. The number of carbonyl (C=O) groups excluding carboxylic acids is 1. The highest BCUT2D eigenvalue weighted by Gasteiger charge is 2.20. The average Bonchev–Trinajstić information content (AvgIpc) is 2.46. The number of sulfonamides is 1. The molecule has 0 saturated heterocycles. The standard InChI is InChI=1S/C15H24N4O3S/c1-12(14-7-2-3-8-16-14)19-15(20)17-9-10-23(21,22)18-11-13-5-4-6-13/h2-3,7-8,12-13,18H,4-6,9-11H2,1H3,(H2,17,19,20)/t12-/m1/s1. The van der Waals surface area contributed by atoms with Gasteiger partial charge in [0.1, 0.15) is 0 Å². The van der Waals surface area contributed by atoms with Gasteiger partial charge in [0.25, 0.3) is 0 Å². The van der Waals surface area contributed by atoms with E-state index in [-0.39, 0.29) is 18.3 Å². The van der Waals surface area contributed by atoms with Gasteiger partial charge in [0.2, 0.25) is 10.0 Å². The predicted octanol–water partition coefficient (Wildman–Crippen LogP) is 1.16. The molecule has 8 heteroatoms. The Morgan fingerprint density at radius 1 is 1.39 bits per heavy atom. The lowest BCUT2D eigenvalue weighted by atomic mass is 9.86. The SMILES string of the molecule is C[C@@H](NC(=O)NCCS(=O)(=O)NCC1CCC1)c1ccccn1. The number of urea groups is 1. The van der Waals surface area contributed by atoms with Crippen molar-refractivity contribution in [1.82, 2.24) is 20.3 Å². The lowest BCUT2D eigenvalue weighted by molar-refractivity contribution is 0.238. The van der Waals surface area contributed by atoms with Gasteiger partial charge in [-0.1, -0.05) is 12.5 Å². The highest BCUT2D eigenvalue weighted by Crippen LogP contribution is 2.25. The minimum atomic E-state index is -3.33. The molecule has 0 radical (unpaired) electrons. The van der Waals surface area contributed by atoms with Gasteiger partial charge >= 0.3 is 6.03 Å². The van der Waals surface area contributed by atoms with Crippen LogP contribution in [0, 0.1) is 5.92 Å². The summed E-state index contributed by atoms with van der Waals surface area (Å²) in [5.41, 5.74) is 0.748.